The standard InChI is InChI=1S/C10H12O4/c11-10(12)9(7-3-5-13-6-7)8-2-1-4-14-8/h1-2,4,7,9H,3,5-6H2,(H,11,12). The van der Waals surface area contributed by atoms with E-state index in [2.05, 4.69) is 0 Å². The highest BCUT2D eigenvalue weighted by Gasteiger charge is 2.34. The first-order valence-electron chi connectivity index (χ1n) is 4.63. The monoisotopic (exact) mass is 196 g/mol. The molecule has 1 saturated heterocycles. The van der Waals surface area contributed by atoms with E-state index in [1.54, 1.807) is 12.1 Å². The Morgan fingerprint density at radius 3 is 3.00 bits per heavy atom. The second-order valence-electron chi connectivity index (χ2n) is 3.45. The van der Waals surface area contributed by atoms with Crippen LogP contribution < -0.4 is 0 Å². The number of carboxylic acids is 1. The molecule has 0 aromatic carbocycles. The maximum atomic E-state index is 11.1. The van der Waals surface area contributed by atoms with Gasteiger partial charge in [-0.1, -0.05) is 0 Å². The van der Waals surface area contributed by atoms with Crippen LogP contribution in [-0.2, 0) is 9.53 Å². The van der Waals surface area contributed by atoms with Gasteiger partial charge in [-0.2, -0.15) is 0 Å². The van der Waals surface area contributed by atoms with E-state index in [1.165, 1.54) is 6.26 Å². The fraction of sp³-hybridized carbons (Fsp3) is 0.500. The lowest BCUT2D eigenvalue weighted by Gasteiger charge is -2.14. The van der Waals surface area contributed by atoms with Gasteiger partial charge in [-0.05, 0) is 18.6 Å². The lowest BCUT2D eigenvalue weighted by Crippen LogP contribution is -2.21. The molecule has 2 atom stereocenters. The molecule has 0 bridgehead atoms. The average molecular weight is 196 g/mol. The third kappa shape index (κ3) is 1.65. The smallest absolute Gasteiger partial charge is 0.314 e. The molecule has 0 saturated carbocycles. The number of furan rings is 1. The molecule has 4 nitrogen and oxygen atoms in total. The average Bonchev–Trinajstić information content (AvgIpc) is 2.75. The fourth-order valence-electron chi connectivity index (χ4n) is 1.84. The van der Waals surface area contributed by atoms with Crippen molar-refractivity contribution in [2.45, 2.75) is 12.3 Å². The van der Waals surface area contributed by atoms with Crippen molar-refractivity contribution in [3.8, 4) is 0 Å². The molecule has 76 valence electrons. The van der Waals surface area contributed by atoms with Gasteiger partial charge in [-0.15, -0.1) is 0 Å². The molecule has 1 aromatic heterocycles. The van der Waals surface area contributed by atoms with Gasteiger partial charge in [0.05, 0.1) is 12.9 Å². The molecule has 1 N–H and O–H groups in total. The number of carbonyl (C=O) groups is 1. The first-order valence-corrected chi connectivity index (χ1v) is 4.63. The van der Waals surface area contributed by atoms with Crippen molar-refractivity contribution in [2.75, 3.05) is 13.2 Å². The maximum Gasteiger partial charge on any atom is 0.314 e. The first kappa shape index (κ1) is 9.27. The number of ether oxygens (including phenoxy) is 1. The summed E-state index contributed by atoms with van der Waals surface area (Å²) < 4.78 is 10.3. The van der Waals surface area contributed by atoms with Crippen LogP contribution in [0, 0.1) is 5.92 Å². The van der Waals surface area contributed by atoms with Gasteiger partial charge in [-0.25, -0.2) is 0 Å². The molecule has 0 spiro atoms. The highest BCUT2D eigenvalue weighted by molar-refractivity contribution is 5.75. The lowest BCUT2D eigenvalue weighted by molar-refractivity contribution is -0.140. The van der Waals surface area contributed by atoms with Gasteiger partial charge >= 0.3 is 5.97 Å². The van der Waals surface area contributed by atoms with Gasteiger partial charge in [0.25, 0.3) is 0 Å². The first-order chi connectivity index (χ1) is 6.79. The number of rotatable bonds is 3. The lowest BCUT2D eigenvalue weighted by atomic mass is 9.90. The third-order valence-corrected chi connectivity index (χ3v) is 2.55. The molecule has 4 heteroatoms. The third-order valence-electron chi connectivity index (χ3n) is 2.55. The molecule has 0 radical (unpaired) electrons. The van der Waals surface area contributed by atoms with E-state index in [0.717, 1.165) is 6.42 Å². The Balaban J connectivity index is 2.19. The highest BCUT2D eigenvalue weighted by Crippen LogP contribution is 2.31. The minimum absolute atomic E-state index is 0.0404. The largest absolute Gasteiger partial charge is 0.481 e. The van der Waals surface area contributed by atoms with Crippen molar-refractivity contribution >= 4 is 5.97 Å². The van der Waals surface area contributed by atoms with Crippen LogP contribution in [0.3, 0.4) is 0 Å². The quantitative estimate of drug-likeness (QED) is 0.795. The summed E-state index contributed by atoms with van der Waals surface area (Å²) in [5.74, 6) is -0.838. The van der Waals surface area contributed by atoms with E-state index in [4.69, 9.17) is 14.3 Å². The van der Waals surface area contributed by atoms with Crippen LogP contribution in [0.2, 0.25) is 0 Å². The van der Waals surface area contributed by atoms with Crippen LogP contribution in [-0.4, -0.2) is 24.3 Å². The molecule has 1 fully saturated rings. The number of carboxylic acid groups (broad SMARTS) is 1. The second-order valence-corrected chi connectivity index (χ2v) is 3.45. The van der Waals surface area contributed by atoms with Crippen molar-refractivity contribution < 1.29 is 19.1 Å². The van der Waals surface area contributed by atoms with Crippen LogP contribution in [0.5, 0.6) is 0 Å². The number of aliphatic carboxylic acids is 1. The summed E-state index contributed by atoms with van der Waals surface area (Å²) in [6.07, 6.45) is 2.29. The Hall–Kier alpha value is -1.29. The number of hydrogen-bond donors (Lipinski definition) is 1. The molecule has 0 aliphatic carbocycles. The Bertz CT molecular complexity index is 298. The molecule has 2 heterocycles. The zero-order valence-electron chi connectivity index (χ0n) is 7.68. The van der Waals surface area contributed by atoms with E-state index in [-0.39, 0.29) is 5.92 Å². The molecule has 0 amide bonds. The van der Waals surface area contributed by atoms with Gasteiger partial charge in [0.15, 0.2) is 0 Å². The predicted octanol–water partition coefficient (Wildman–Crippen LogP) is 1.48. The van der Waals surface area contributed by atoms with Crippen LogP contribution in [0.15, 0.2) is 22.8 Å². The van der Waals surface area contributed by atoms with Gasteiger partial charge in [-0.3, -0.25) is 4.79 Å². The molecule has 1 aromatic rings. The summed E-state index contributed by atoms with van der Waals surface area (Å²) in [5, 5.41) is 9.09. The van der Waals surface area contributed by atoms with E-state index in [1.807, 2.05) is 0 Å². The zero-order chi connectivity index (χ0) is 9.97. The summed E-state index contributed by atoms with van der Waals surface area (Å²) in [5.41, 5.74) is 0. The molecule has 2 unspecified atom stereocenters. The van der Waals surface area contributed by atoms with Gasteiger partial charge < -0.3 is 14.3 Å². The van der Waals surface area contributed by atoms with E-state index in [9.17, 15) is 4.79 Å². The summed E-state index contributed by atoms with van der Waals surface area (Å²) in [6, 6.07) is 3.41. The molecule has 2 rings (SSSR count). The van der Waals surface area contributed by atoms with Crippen molar-refractivity contribution in [1.82, 2.24) is 0 Å². The summed E-state index contributed by atoms with van der Waals surface area (Å²) in [6.45, 7) is 1.16. The molecule has 14 heavy (non-hydrogen) atoms. The van der Waals surface area contributed by atoms with E-state index < -0.39 is 11.9 Å². The van der Waals surface area contributed by atoms with Crippen molar-refractivity contribution in [3.63, 3.8) is 0 Å². The Kier molecular flexibility index (Phi) is 2.54. The Labute approximate surface area is 81.5 Å². The minimum Gasteiger partial charge on any atom is -0.481 e. The second kappa shape index (κ2) is 3.84. The van der Waals surface area contributed by atoms with Gasteiger partial charge in [0, 0.05) is 12.5 Å². The van der Waals surface area contributed by atoms with Crippen molar-refractivity contribution in [3.05, 3.63) is 24.2 Å². The topological polar surface area (TPSA) is 59.7 Å². The highest BCUT2D eigenvalue weighted by atomic mass is 16.5. The molecule has 1 aliphatic rings. The zero-order valence-corrected chi connectivity index (χ0v) is 7.68. The number of hydrogen-bond acceptors (Lipinski definition) is 3. The maximum absolute atomic E-state index is 11.1. The SMILES string of the molecule is O=C(O)C(c1ccco1)C1CCOC1. The molecular weight excluding hydrogens is 184 g/mol. The molecular formula is C10H12O4. The fourth-order valence-corrected chi connectivity index (χ4v) is 1.84. The van der Waals surface area contributed by atoms with E-state index >= 15 is 0 Å². The van der Waals surface area contributed by atoms with Crippen LogP contribution in [0.25, 0.3) is 0 Å². The van der Waals surface area contributed by atoms with Crippen molar-refractivity contribution in [2.24, 2.45) is 5.92 Å². The predicted molar refractivity (Wildman–Crippen MR) is 48.0 cm³/mol. The Morgan fingerprint density at radius 1 is 1.64 bits per heavy atom. The Morgan fingerprint density at radius 2 is 2.50 bits per heavy atom. The summed E-state index contributed by atoms with van der Waals surface area (Å²) in [7, 11) is 0. The van der Waals surface area contributed by atoms with Crippen LogP contribution >= 0.6 is 0 Å². The van der Waals surface area contributed by atoms with Gasteiger partial charge in [0.2, 0.25) is 0 Å². The normalized spacial score (nSPS) is 23.6. The molecule has 1 aliphatic heterocycles. The van der Waals surface area contributed by atoms with Gasteiger partial charge in [0.1, 0.15) is 11.7 Å². The van der Waals surface area contributed by atoms with Crippen LogP contribution in [0.1, 0.15) is 18.1 Å². The summed E-state index contributed by atoms with van der Waals surface area (Å²) >= 11 is 0. The van der Waals surface area contributed by atoms with E-state index in [0.29, 0.717) is 19.0 Å². The minimum atomic E-state index is -0.838. The summed E-state index contributed by atoms with van der Waals surface area (Å²) in [4.78, 5) is 11.1. The van der Waals surface area contributed by atoms with Crippen LogP contribution in [0.4, 0.5) is 0 Å². The van der Waals surface area contributed by atoms with Crippen molar-refractivity contribution in [1.29, 1.82) is 0 Å².